The molecule has 0 aromatic heterocycles. The molecule has 1 N–H and O–H groups in total. The Kier molecular flexibility index (Phi) is 6.03. The number of para-hydroxylation sites is 1. The highest BCUT2D eigenvalue weighted by Crippen LogP contribution is 2.16. The van der Waals surface area contributed by atoms with Crippen LogP contribution in [0.4, 0.5) is 0 Å². The molecule has 0 saturated carbocycles. The van der Waals surface area contributed by atoms with Crippen LogP contribution in [0.3, 0.4) is 0 Å². The molecule has 0 unspecified atom stereocenters. The van der Waals surface area contributed by atoms with E-state index >= 15 is 0 Å². The highest BCUT2D eigenvalue weighted by molar-refractivity contribution is 5.82. The van der Waals surface area contributed by atoms with Crippen LogP contribution in [0.5, 0.6) is 5.75 Å². The zero-order chi connectivity index (χ0) is 15.1. The summed E-state index contributed by atoms with van der Waals surface area (Å²) < 4.78 is 5.46. The second-order valence-corrected chi connectivity index (χ2v) is 5.12. The highest BCUT2D eigenvalue weighted by atomic mass is 16.5. The molecule has 110 valence electrons. The van der Waals surface area contributed by atoms with E-state index in [0.717, 1.165) is 5.56 Å². The van der Waals surface area contributed by atoms with Gasteiger partial charge in [0.2, 0.25) is 0 Å². The van der Waals surface area contributed by atoms with Gasteiger partial charge in [0.25, 0.3) is 5.91 Å². The third-order valence-corrected chi connectivity index (χ3v) is 2.71. The fourth-order valence-electron chi connectivity index (χ4n) is 1.81. The van der Waals surface area contributed by atoms with E-state index in [1.807, 2.05) is 39.0 Å². The Balaban J connectivity index is 2.62. The molecule has 0 aliphatic rings. The lowest BCUT2D eigenvalue weighted by Crippen LogP contribution is -2.40. The predicted octanol–water partition coefficient (Wildman–Crippen LogP) is 1.94. The molecule has 0 aliphatic carbocycles. The van der Waals surface area contributed by atoms with Gasteiger partial charge in [0.1, 0.15) is 12.3 Å². The number of rotatable bonds is 7. The van der Waals surface area contributed by atoms with Crippen molar-refractivity contribution in [3.05, 3.63) is 29.8 Å². The number of benzene rings is 1. The number of hydrogen-bond donors (Lipinski definition) is 1. The minimum absolute atomic E-state index is 0.148. The molecular formula is C15H21NO4. The standard InChI is InChI=1S/C15H21NO4/c1-11(2)8-16(9-15(18)19)14(17)10-20-13-7-5-4-6-12(13)3/h4-7,11H,8-10H2,1-3H3,(H,18,19). The normalized spacial score (nSPS) is 10.4. The molecule has 0 spiro atoms. The molecule has 0 heterocycles. The molecule has 1 aromatic rings. The van der Waals surface area contributed by atoms with Crippen molar-refractivity contribution in [1.82, 2.24) is 4.90 Å². The Labute approximate surface area is 119 Å². The molecule has 20 heavy (non-hydrogen) atoms. The van der Waals surface area contributed by atoms with Crippen molar-refractivity contribution in [2.24, 2.45) is 5.92 Å². The van der Waals surface area contributed by atoms with Crippen LogP contribution in [-0.4, -0.2) is 41.6 Å². The Morgan fingerprint density at radius 3 is 2.50 bits per heavy atom. The van der Waals surface area contributed by atoms with E-state index in [1.54, 1.807) is 6.07 Å². The van der Waals surface area contributed by atoms with Crippen LogP contribution in [0.15, 0.2) is 24.3 Å². The second kappa shape index (κ2) is 7.53. The van der Waals surface area contributed by atoms with E-state index < -0.39 is 5.97 Å². The third kappa shape index (κ3) is 5.30. The molecule has 0 saturated heterocycles. The van der Waals surface area contributed by atoms with Crippen LogP contribution >= 0.6 is 0 Å². The lowest BCUT2D eigenvalue weighted by atomic mass is 10.2. The summed E-state index contributed by atoms with van der Waals surface area (Å²) in [6.07, 6.45) is 0. The SMILES string of the molecule is Cc1ccccc1OCC(=O)N(CC(=O)O)CC(C)C. The van der Waals surface area contributed by atoms with E-state index in [4.69, 9.17) is 9.84 Å². The average molecular weight is 279 g/mol. The van der Waals surface area contributed by atoms with Crippen LogP contribution in [0.25, 0.3) is 0 Å². The number of amides is 1. The summed E-state index contributed by atoms with van der Waals surface area (Å²) in [6, 6.07) is 7.39. The molecule has 0 radical (unpaired) electrons. The summed E-state index contributed by atoms with van der Waals surface area (Å²) in [6.45, 7) is 5.72. The zero-order valence-electron chi connectivity index (χ0n) is 12.1. The lowest BCUT2D eigenvalue weighted by Gasteiger charge is -2.22. The minimum atomic E-state index is -1.02. The number of carboxylic acid groups (broad SMARTS) is 1. The summed E-state index contributed by atoms with van der Waals surface area (Å²) in [5.74, 6) is -0.489. The zero-order valence-corrected chi connectivity index (χ0v) is 12.1. The van der Waals surface area contributed by atoms with Crippen LogP contribution in [-0.2, 0) is 9.59 Å². The molecule has 1 rings (SSSR count). The molecule has 1 amide bonds. The highest BCUT2D eigenvalue weighted by Gasteiger charge is 2.18. The van der Waals surface area contributed by atoms with Crippen LogP contribution < -0.4 is 4.74 Å². The molecular weight excluding hydrogens is 258 g/mol. The van der Waals surface area contributed by atoms with Crippen molar-refractivity contribution in [1.29, 1.82) is 0 Å². The van der Waals surface area contributed by atoms with Crippen LogP contribution in [0.1, 0.15) is 19.4 Å². The Morgan fingerprint density at radius 1 is 1.30 bits per heavy atom. The quantitative estimate of drug-likeness (QED) is 0.828. The first kappa shape index (κ1) is 16.0. The maximum Gasteiger partial charge on any atom is 0.323 e. The van der Waals surface area contributed by atoms with E-state index in [2.05, 4.69) is 0 Å². The van der Waals surface area contributed by atoms with Gasteiger partial charge < -0.3 is 14.7 Å². The van der Waals surface area contributed by atoms with Gasteiger partial charge in [-0.1, -0.05) is 32.0 Å². The van der Waals surface area contributed by atoms with Gasteiger partial charge in [-0.15, -0.1) is 0 Å². The van der Waals surface area contributed by atoms with Crippen molar-refractivity contribution in [2.75, 3.05) is 19.7 Å². The summed E-state index contributed by atoms with van der Waals surface area (Å²) >= 11 is 0. The summed E-state index contributed by atoms with van der Waals surface area (Å²) in [4.78, 5) is 24.1. The van der Waals surface area contributed by atoms with E-state index in [-0.39, 0.29) is 25.0 Å². The second-order valence-electron chi connectivity index (χ2n) is 5.12. The van der Waals surface area contributed by atoms with Gasteiger partial charge in [-0.3, -0.25) is 9.59 Å². The van der Waals surface area contributed by atoms with Gasteiger partial charge in [-0.2, -0.15) is 0 Å². The molecule has 0 aliphatic heterocycles. The lowest BCUT2D eigenvalue weighted by molar-refractivity contribution is -0.145. The number of nitrogens with zero attached hydrogens (tertiary/aromatic N) is 1. The number of aryl methyl sites for hydroxylation is 1. The van der Waals surface area contributed by atoms with Gasteiger partial charge >= 0.3 is 5.97 Å². The molecule has 1 aromatic carbocycles. The maximum atomic E-state index is 12.0. The first-order valence-electron chi connectivity index (χ1n) is 6.58. The van der Waals surface area contributed by atoms with Gasteiger partial charge in [-0.25, -0.2) is 0 Å². The smallest absolute Gasteiger partial charge is 0.323 e. The number of carbonyl (C=O) groups excluding carboxylic acids is 1. The fraction of sp³-hybridized carbons (Fsp3) is 0.467. The first-order valence-corrected chi connectivity index (χ1v) is 6.58. The van der Waals surface area contributed by atoms with Crippen molar-refractivity contribution in [2.45, 2.75) is 20.8 Å². The van der Waals surface area contributed by atoms with Crippen molar-refractivity contribution in [3.63, 3.8) is 0 Å². The summed E-state index contributed by atoms with van der Waals surface area (Å²) in [7, 11) is 0. The topological polar surface area (TPSA) is 66.8 Å². The van der Waals surface area contributed by atoms with Gasteiger partial charge in [0, 0.05) is 6.54 Å². The Bertz CT molecular complexity index is 471. The molecule has 0 fully saturated rings. The average Bonchev–Trinajstić information content (AvgIpc) is 2.35. The van der Waals surface area contributed by atoms with Crippen molar-refractivity contribution in [3.8, 4) is 5.75 Å². The number of ether oxygens (including phenoxy) is 1. The first-order chi connectivity index (χ1) is 9.40. The van der Waals surface area contributed by atoms with E-state index in [1.165, 1.54) is 4.90 Å². The fourth-order valence-corrected chi connectivity index (χ4v) is 1.81. The largest absolute Gasteiger partial charge is 0.484 e. The molecule has 0 bridgehead atoms. The van der Waals surface area contributed by atoms with Gasteiger partial charge in [-0.05, 0) is 24.5 Å². The van der Waals surface area contributed by atoms with Crippen LogP contribution in [0.2, 0.25) is 0 Å². The molecule has 5 heteroatoms. The predicted molar refractivity (Wildman–Crippen MR) is 75.7 cm³/mol. The minimum Gasteiger partial charge on any atom is -0.484 e. The third-order valence-electron chi connectivity index (χ3n) is 2.71. The Morgan fingerprint density at radius 2 is 1.95 bits per heavy atom. The number of carboxylic acids is 1. The number of aliphatic carboxylic acids is 1. The maximum absolute atomic E-state index is 12.0. The van der Waals surface area contributed by atoms with E-state index in [9.17, 15) is 9.59 Å². The van der Waals surface area contributed by atoms with Gasteiger partial charge in [0.05, 0.1) is 0 Å². The molecule has 0 atom stereocenters. The van der Waals surface area contributed by atoms with Crippen molar-refractivity contribution < 1.29 is 19.4 Å². The number of hydrogen-bond acceptors (Lipinski definition) is 3. The number of carbonyl (C=O) groups is 2. The summed E-state index contributed by atoms with van der Waals surface area (Å²) in [5, 5.41) is 8.84. The monoisotopic (exact) mass is 279 g/mol. The molecule has 5 nitrogen and oxygen atoms in total. The van der Waals surface area contributed by atoms with Crippen LogP contribution in [0, 0.1) is 12.8 Å². The van der Waals surface area contributed by atoms with Crippen molar-refractivity contribution >= 4 is 11.9 Å². The van der Waals surface area contributed by atoms with Gasteiger partial charge in [0.15, 0.2) is 6.61 Å². The van der Waals surface area contributed by atoms with E-state index in [0.29, 0.717) is 12.3 Å². The Hall–Kier alpha value is -2.04. The summed E-state index contributed by atoms with van der Waals surface area (Å²) in [5.41, 5.74) is 0.939.